The normalized spacial score (nSPS) is 10.5. The number of carboxylic acids is 1. The molecule has 0 unspecified atom stereocenters. The van der Waals surface area contributed by atoms with Crippen LogP contribution >= 0.6 is 11.6 Å². The van der Waals surface area contributed by atoms with E-state index in [4.69, 9.17) is 21.4 Å². The number of nitro groups is 1. The standard InChI is InChI=1S/C19H15ClN4O6/c1-11-6-14(2-3-16(11)20)30-15-8-12(7-13(9-15)24(28)29)22-19(27)17-4-5-21-23(17)10-18(25)26/h2-9H,10H2,1H3,(H,22,27)(H,25,26). The number of ether oxygens (including phenoxy) is 1. The fourth-order valence-corrected chi connectivity index (χ4v) is 2.73. The van der Waals surface area contributed by atoms with Gasteiger partial charge in [0, 0.05) is 23.4 Å². The Morgan fingerprint density at radius 2 is 2.00 bits per heavy atom. The zero-order valence-electron chi connectivity index (χ0n) is 15.5. The van der Waals surface area contributed by atoms with E-state index >= 15 is 0 Å². The van der Waals surface area contributed by atoms with E-state index < -0.39 is 23.3 Å². The zero-order chi connectivity index (χ0) is 21.8. The number of aromatic nitrogens is 2. The van der Waals surface area contributed by atoms with Gasteiger partial charge in [-0.05, 0) is 36.8 Å². The highest BCUT2D eigenvalue weighted by atomic mass is 35.5. The van der Waals surface area contributed by atoms with E-state index in [1.807, 2.05) is 0 Å². The van der Waals surface area contributed by atoms with Crippen LogP contribution in [0.15, 0.2) is 48.7 Å². The van der Waals surface area contributed by atoms with Crippen molar-refractivity contribution in [1.29, 1.82) is 0 Å². The molecular weight excluding hydrogens is 416 g/mol. The number of amides is 1. The van der Waals surface area contributed by atoms with Gasteiger partial charge >= 0.3 is 5.97 Å². The predicted molar refractivity (Wildman–Crippen MR) is 107 cm³/mol. The van der Waals surface area contributed by atoms with Gasteiger partial charge in [0.05, 0.1) is 16.7 Å². The number of nitrogens with zero attached hydrogens (tertiary/aromatic N) is 3. The molecule has 0 spiro atoms. The highest BCUT2D eigenvalue weighted by molar-refractivity contribution is 6.31. The Kier molecular flexibility index (Phi) is 5.98. The lowest BCUT2D eigenvalue weighted by Crippen LogP contribution is -2.20. The minimum absolute atomic E-state index is 0.0142. The molecule has 1 amide bonds. The highest BCUT2D eigenvalue weighted by Gasteiger charge is 2.17. The Balaban J connectivity index is 1.88. The van der Waals surface area contributed by atoms with Gasteiger partial charge in [-0.25, -0.2) is 4.68 Å². The quantitative estimate of drug-likeness (QED) is 0.428. The number of halogens is 1. The van der Waals surface area contributed by atoms with E-state index in [9.17, 15) is 19.7 Å². The Bertz CT molecular complexity index is 1140. The van der Waals surface area contributed by atoms with Gasteiger partial charge in [0.2, 0.25) is 0 Å². The summed E-state index contributed by atoms with van der Waals surface area (Å²) >= 11 is 5.99. The maximum Gasteiger partial charge on any atom is 0.325 e. The minimum atomic E-state index is -1.17. The average molecular weight is 431 g/mol. The smallest absolute Gasteiger partial charge is 0.325 e. The van der Waals surface area contributed by atoms with Crippen LogP contribution in [0.3, 0.4) is 0 Å². The fourth-order valence-electron chi connectivity index (χ4n) is 2.61. The van der Waals surface area contributed by atoms with E-state index in [-0.39, 0.29) is 22.8 Å². The number of hydrogen-bond donors (Lipinski definition) is 2. The highest BCUT2D eigenvalue weighted by Crippen LogP contribution is 2.31. The molecule has 3 aromatic rings. The van der Waals surface area contributed by atoms with Crippen molar-refractivity contribution in [3.05, 3.63) is 75.1 Å². The van der Waals surface area contributed by atoms with Gasteiger partial charge in [-0.15, -0.1) is 0 Å². The molecule has 154 valence electrons. The summed E-state index contributed by atoms with van der Waals surface area (Å²) in [6.45, 7) is 1.28. The molecule has 3 rings (SSSR count). The van der Waals surface area contributed by atoms with Crippen molar-refractivity contribution in [2.45, 2.75) is 13.5 Å². The number of rotatable bonds is 7. The maximum atomic E-state index is 12.5. The van der Waals surface area contributed by atoms with Crippen molar-refractivity contribution in [3.63, 3.8) is 0 Å². The lowest BCUT2D eigenvalue weighted by atomic mass is 10.2. The van der Waals surface area contributed by atoms with Gasteiger partial charge < -0.3 is 15.2 Å². The molecule has 2 aromatic carbocycles. The Hall–Kier alpha value is -3.92. The molecule has 0 aliphatic rings. The summed E-state index contributed by atoms with van der Waals surface area (Å²) in [6.07, 6.45) is 1.28. The van der Waals surface area contributed by atoms with Crippen LogP contribution in [0.4, 0.5) is 11.4 Å². The number of carboxylic acid groups (broad SMARTS) is 1. The Morgan fingerprint density at radius 1 is 1.23 bits per heavy atom. The molecule has 1 heterocycles. The van der Waals surface area contributed by atoms with Gasteiger partial charge in [-0.3, -0.25) is 19.7 Å². The summed E-state index contributed by atoms with van der Waals surface area (Å²) in [5.74, 6) is -1.31. The van der Waals surface area contributed by atoms with E-state index in [1.165, 1.54) is 24.4 Å². The number of anilines is 1. The Labute approximate surface area is 174 Å². The van der Waals surface area contributed by atoms with Crippen LogP contribution in [0.25, 0.3) is 0 Å². The summed E-state index contributed by atoms with van der Waals surface area (Å²) in [6, 6.07) is 10.0. The molecule has 0 aliphatic carbocycles. The maximum absolute atomic E-state index is 12.5. The second-order valence-electron chi connectivity index (χ2n) is 6.21. The molecule has 2 N–H and O–H groups in total. The second kappa shape index (κ2) is 8.62. The number of benzene rings is 2. The van der Waals surface area contributed by atoms with Crippen LogP contribution in [0, 0.1) is 17.0 Å². The molecule has 0 bridgehead atoms. The topological polar surface area (TPSA) is 137 Å². The molecule has 0 saturated carbocycles. The van der Waals surface area contributed by atoms with Crippen molar-refractivity contribution < 1.29 is 24.4 Å². The summed E-state index contributed by atoms with van der Waals surface area (Å²) in [4.78, 5) is 34.1. The first-order chi connectivity index (χ1) is 14.2. The molecule has 0 saturated heterocycles. The van der Waals surface area contributed by atoms with Crippen LogP contribution in [-0.2, 0) is 11.3 Å². The zero-order valence-corrected chi connectivity index (χ0v) is 16.3. The van der Waals surface area contributed by atoms with Gasteiger partial charge in [-0.2, -0.15) is 5.10 Å². The number of aliphatic carboxylic acids is 1. The largest absolute Gasteiger partial charge is 0.480 e. The van der Waals surface area contributed by atoms with Crippen LogP contribution in [-0.4, -0.2) is 31.7 Å². The van der Waals surface area contributed by atoms with Gasteiger partial charge in [0.1, 0.15) is 23.7 Å². The first-order valence-corrected chi connectivity index (χ1v) is 8.89. The molecular formula is C19H15ClN4O6. The number of carbonyl (C=O) groups is 2. The van der Waals surface area contributed by atoms with Crippen LogP contribution in [0.1, 0.15) is 16.1 Å². The molecule has 0 aliphatic heterocycles. The third-order valence-corrected chi connectivity index (χ3v) is 4.38. The van der Waals surface area contributed by atoms with E-state index in [0.29, 0.717) is 10.8 Å². The molecule has 0 fully saturated rings. The SMILES string of the molecule is Cc1cc(Oc2cc(NC(=O)c3ccnn3CC(=O)O)cc([N+](=O)[O-])c2)ccc1Cl. The molecule has 0 atom stereocenters. The summed E-state index contributed by atoms with van der Waals surface area (Å²) in [5.41, 5.74) is 0.546. The summed E-state index contributed by atoms with van der Waals surface area (Å²) < 4.78 is 6.69. The van der Waals surface area contributed by atoms with Crippen LogP contribution in [0.2, 0.25) is 5.02 Å². The number of carbonyl (C=O) groups excluding carboxylic acids is 1. The minimum Gasteiger partial charge on any atom is -0.480 e. The fraction of sp³-hybridized carbons (Fsp3) is 0.105. The third kappa shape index (κ3) is 4.92. The lowest BCUT2D eigenvalue weighted by Gasteiger charge is -2.11. The molecule has 30 heavy (non-hydrogen) atoms. The van der Waals surface area contributed by atoms with Gasteiger partial charge in [-0.1, -0.05) is 11.6 Å². The van der Waals surface area contributed by atoms with Crippen molar-refractivity contribution >= 4 is 34.9 Å². The van der Waals surface area contributed by atoms with Crippen molar-refractivity contribution in [2.24, 2.45) is 0 Å². The monoisotopic (exact) mass is 430 g/mol. The summed E-state index contributed by atoms with van der Waals surface area (Å²) in [5, 5.41) is 27.0. The predicted octanol–water partition coefficient (Wildman–Crippen LogP) is 3.88. The van der Waals surface area contributed by atoms with Crippen LogP contribution in [0.5, 0.6) is 11.5 Å². The van der Waals surface area contributed by atoms with E-state index in [0.717, 1.165) is 16.3 Å². The molecule has 0 radical (unpaired) electrons. The van der Waals surface area contributed by atoms with E-state index in [1.54, 1.807) is 25.1 Å². The third-order valence-electron chi connectivity index (χ3n) is 3.96. The molecule has 1 aromatic heterocycles. The van der Waals surface area contributed by atoms with Gasteiger partial charge in [0.25, 0.3) is 11.6 Å². The number of nitro benzene ring substituents is 1. The van der Waals surface area contributed by atoms with Gasteiger partial charge in [0.15, 0.2) is 0 Å². The number of aryl methyl sites for hydroxylation is 1. The second-order valence-corrected chi connectivity index (χ2v) is 6.61. The number of nitrogens with one attached hydrogen (secondary N) is 1. The van der Waals surface area contributed by atoms with Crippen molar-refractivity contribution in [3.8, 4) is 11.5 Å². The average Bonchev–Trinajstić information content (AvgIpc) is 3.12. The number of non-ortho nitro benzene ring substituents is 1. The van der Waals surface area contributed by atoms with E-state index in [2.05, 4.69) is 10.4 Å². The molecule has 10 nitrogen and oxygen atoms in total. The van der Waals surface area contributed by atoms with Crippen molar-refractivity contribution in [2.75, 3.05) is 5.32 Å². The first kappa shape index (κ1) is 20.8. The molecule has 11 heteroatoms. The number of hydrogen-bond acceptors (Lipinski definition) is 6. The first-order valence-electron chi connectivity index (χ1n) is 8.51. The van der Waals surface area contributed by atoms with Crippen molar-refractivity contribution in [1.82, 2.24) is 9.78 Å². The van der Waals surface area contributed by atoms with Crippen LogP contribution < -0.4 is 10.1 Å². The Morgan fingerprint density at radius 3 is 2.67 bits per heavy atom. The lowest BCUT2D eigenvalue weighted by molar-refractivity contribution is -0.384. The summed E-state index contributed by atoms with van der Waals surface area (Å²) in [7, 11) is 0.